The van der Waals surface area contributed by atoms with Gasteiger partial charge in [-0.3, -0.25) is 4.79 Å². The first-order valence-electron chi connectivity index (χ1n) is 10.6. The Morgan fingerprint density at radius 1 is 1.13 bits per heavy atom. The SMILES string of the molecule is CCN(CCNC(=O)c1cc(S(=O)(=O)N2CCOCC2)ccc1C)c1cccc(C)c1. The molecule has 3 rings (SSSR count). The van der Waals surface area contributed by atoms with Crippen LogP contribution in [-0.2, 0) is 14.8 Å². The first-order chi connectivity index (χ1) is 14.8. The molecule has 8 heteroatoms. The van der Waals surface area contributed by atoms with Gasteiger partial charge in [-0.2, -0.15) is 4.31 Å². The van der Waals surface area contributed by atoms with Crippen LogP contribution in [0, 0.1) is 13.8 Å². The van der Waals surface area contributed by atoms with Gasteiger partial charge in [0.25, 0.3) is 5.91 Å². The number of carbonyl (C=O) groups is 1. The summed E-state index contributed by atoms with van der Waals surface area (Å²) in [5, 5.41) is 2.94. The van der Waals surface area contributed by atoms with E-state index >= 15 is 0 Å². The molecule has 0 bridgehead atoms. The summed E-state index contributed by atoms with van der Waals surface area (Å²) in [6.07, 6.45) is 0. The van der Waals surface area contributed by atoms with Crippen molar-refractivity contribution in [3.63, 3.8) is 0 Å². The van der Waals surface area contributed by atoms with Gasteiger partial charge in [-0.1, -0.05) is 18.2 Å². The molecule has 0 atom stereocenters. The summed E-state index contributed by atoms with van der Waals surface area (Å²) in [6.45, 7) is 9.30. The van der Waals surface area contributed by atoms with Crippen LogP contribution in [0.1, 0.15) is 28.4 Å². The Hall–Kier alpha value is -2.42. The Balaban J connectivity index is 1.68. The number of amides is 1. The zero-order valence-corrected chi connectivity index (χ0v) is 19.2. The number of sulfonamides is 1. The number of hydrogen-bond donors (Lipinski definition) is 1. The second-order valence-corrected chi connectivity index (χ2v) is 9.61. The number of aryl methyl sites for hydroxylation is 2. The number of benzene rings is 2. The van der Waals surface area contributed by atoms with Crippen LogP contribution in [0.2, 0.25) is 0 Å². The number of ether oxygens (including phenoxy) is 1. The molecule has 1 fully saturated rings. The molecule has 1 saturated heterocycles. The van der Waals surface area contributed by atoms with Gasteiger partial charge in [-0.05, 0) is 56.2 Å². The first-order valence-corrected chi connectivity index (χ1v) is 12.1. The molecule has 0 unspecified atom stereocenters. The quantitative estimate of drug-likeness (QED) is 0.676. The lowest BCUT2D eigenvalue weighted by atomic mass is 10.1. The average Bonchev–Trinajstić information content (AvgIpc) is 2.77. The molecule has 31 heavy (non-hydrogen) atoms. The third-order valence-electron chi connectivity index (χ3n) is 5.48. The molecule has 1 aliphatic heterocycles. The molecule has 1 N–H and O–H groups in total. The molecule has 0 saturated carbocycles. The van der Waals surface area contributed by atoms with Crippen molar-refractivity contribution in [1.82, 2.24) is 9.62 Å². The highest BCUT2D eigenvalue weighted by Crippen LogP contribution is 2.21. The summed E-state index contributed by atoms with van der Waals surface area (Å²) in [6, 6.07) is 13.0. The van der Waals surface area contributed by atoms with Crippen LogP contribution < -0.4 is 10.2 Å². The lowest BCUT2D eigenvalue weighted by Crippen LogP contribution is -2.40. The van der Waals surface area contributed by atoms with E-state index in [9.17, 15) is 13.2 Å². The molecule has 1 aliphatic rings. The Kier molecular flexibility index (Phi) is 7.69. The fraction of sp³-hybridized carbons (Fsp3) is 0.435. The second-order valence-electron chi connectivity index (χ2n) is 7.67. The molecule has 1 amide bonds. The first kappa shape index (κ1) is 23.2. The van der Waals surface area contributed by atoms with Crippen LogP contribution >= 0.6 is 0 Å². The number of nitrogens with one attached hydrogen (secondary N) is 1. The van der Waals surface area contributed by atoms with Gasteiger partial charge < -0.3 is 15.0 Å². The topological polar surface area (TPSA) is 79.0 Å². The summed E-state index contributed by atoms with van der Waals surface area (Å²) in [7, 11) is -3.65. The Morgan fingerprint density at radius 2 is 1.87 bits per heavy atom. The normalized spacial score (nSPS) is 14.9. The van der Waals surface area contributed by atoms with Crippen LogP contribution in [-0.4, -0.2) is 64.6 Å². The van der Waals surface area contributed by atoms with Crippen molar-refractivity contribution >= 4 is 21.6 Å². The van der Waals surface area contributed by atoms with E-state index in [1.807, 2.05) is 13.0 Å². The summed E-state index contributed by atoms with van der Waals surface area (Å²) in [5.74, 6) is -0.267. The van der Waals surface area contributed by atoms with Gasteiger partial charge in [0.2, 0.25) is 10.0 Å². The van der Waals surface area contributed by atoms with Crippen LogP contribution in [0.25, 0.3) is 0 Å². The predicted molar refractivity (Wildman–Crippen MR) is 122 cm³/mol. The number of anilines is 1. The molecule has 2 aromatic carbocycles. The number of nitrogens with zero attached hydrogens (tertiary/aromatic N) is 2. The Bertz CT molecular complexity index is 1020. The van der Waals surface area contributed by atoms with E-state index in [4.69, 9.17) is 4.74 Å². The van der Waals surface area contributed by atoms with E-state index in [1.165, 1.54) is 15.9 Å². The summed E-state index contributed by atoms with van der Waals surface area (Å²) in [4.78, 5) is 15.2. The van der Waals surface area contributed by atoms with E-state index in [0.717, 1.165) is 17.8 Å². The molecular weight excluding hydrogens is 414 g/mol. The van der Waals surface area contributed by atoms with E-state index < -0.39 is 10.0 Å². The van der Waals surface area contributed by atoms with Gasteiger partial charge in [-0.25, -0.2) is 8.42 Å². The lowest BCUT2D eigenvalue weighted by Gasteiger charge is -2.26. The van der Waals surface area contributed by atoms with E-state index in [2.05, 4.69) is 42.3 Å². The van der Waals surface area contributed by atoms with Crippen molar-refractivity contribution in [2.24, 2.45) is 0 Å². The average molecular weight is 446 g/mol. The van der Waals surface area contributed by atoms with Crippen molar-refractivity contribution in [3.8, 4) is 0 Å². The van der Waals surface area contributed by atoms with Crippen molar-refractivity contribution in [2.75, 3.05) is 50.8 Å². The molecule has 0 radical (unpaired) electrons. The predicted octanol–water partition coefficient (Wildman–Crippen LogP) is 2.58. The van der Waals surface area contributed by atoms with E-state index in [-0.39, 0.29) is 10.8 Å². The van der Waals surface area contributed by atoms with Gasteiger partial charge in [0, 0.05) is 44.0 Å². The maximum Gasteiger partial charge on any atom is 0.251 e. The fourth-order valence-corrected chi connectivity index (χ4v) is 5.07. The molecule has 2 aromatic rings. The highest BCUT2D eigenvalue weighted by Gasteiger charge is 2.27. The highest BCUT2D eigenvalue weighted by molar-refractivity contribution is 7.89. The monoisotopic (exact) mass is 445 g/mol. The van der Waals surface area contributed by atoms with Gasteiger partial charge >= 0.3 is 0 Å². The minimum Gasteiger partial charge on any atom is -0.379 e. The molecule has 0 spiro atoms. The van der Waals surface area contributed by atoms with Crippen molar-refractivity contribution in [1.29, 1.82) is 0 Å². The number of carbonyl (C=O) groups excluding carboxylic acids is 1. The molecule has 0 aliphatic carbocycles. The second kappa shape index (κ2) is 10.3. The van der Waals surface area contributed by atoms with E-state index in [0.29, 0.717) is 45.0 Å². The number of likely N-dealkylation sites (N-methyl/N-ethyl adjacent to an activating group) is 1. The Morgan fingerprint density at radius 3 is 2.55 bits per heavy atom. The maximum atomic E-state index is 12.9. The zero-order chi connectivity index (χ0) is 22.4. The molecule has 7 nitrogen and oxygen atoms in total. The van der Waals surface area contributed by atoms with Crippen LogP contribution in [0.4, 0.5) is 5.69 Å². The van der Waals surface area contributed by atoms with Crippen LogP contribution in [0.5, 0.6) is 0 Å². The molecular formula is C23H31N3O4S. The minimum absolute atomic E-state index is 0.139. The Labute approximate surface area is 185 Å². The van der Waals surface area contributed by atoms with Crippen LogP contribution in [0.3, 0.4) is 0 Å². The summed E-state index contributed by atoms with van der Waals surface area (Å²) >= 11 is 0. The smallest absolute Gasteiger partial charge is 0.251 e. The van der Waals surface area contributed by atoms with Crippen molar-refractivity contribution in [2.45, 2.75) is 25.7 Å². The summed E-state index contributed by atoms with van der Waals surface area (Å²) < 4.78 is 32.5. The minimum atomic E-state index is -3.65. The molecule has 1 heterocycles. The van der Waals surface area contributed by atoms with Gasteiger partial charge in [-0.15, -0.1) is 0 Å². The molecule has 0 aromatic heterocycles. The number of rotatable bonds is 8. The fourth-order valence-electron chi connectivity index (χ4n) is 3.64. The van der Waals surface area contributed by atoms with Crippen molar-refractivity contribution < 1.29 is 17.9 Å². The summed E-state index contributed by atoms with van der Waals surface area (Å²) in [5.41, 5.74) is 3.43. The van der Waals surface area contributed by atoms with Gasteiger partial charge in [0.05, 0.1) is 18.1 Å². The zero-order valence-electron chi connectivity index (χ0n) is 18.4. The van der Waals surface area contributed by atoms with Crippen LogP contribution in [0.15, 0.2) is 47.4 Å². The van der Waals surface area contributed by atoms with Crippen molar-refractivity contribution in [3.05, 3.63) is 59.2 Å². The number of morpholine rings is 1. The van der Waals surface area contributed by atoms with Gasteiger partial charge in [0.1, 0.15) is 0 Å². The third-order valence-corrected chi connectivity index (χ3v) is 7.37. The third kappa shape index (κ3) is 5.64. The highest BCUT2D eigenvalue weighted by atomic mass is 32.2. The maximum absolute atomic E-state index is 12.9. The van der Waals surface area contributed by atoms with E-state index in [1.54, 1.807) is 12.1 Å². The number of hydrogen-bond acceptors (Lipinski definition) is 5. The molecule has 168 valence electrons. The standard InChI is InChI=1S/C23H31N3O4S/c1-4-25(20-7-5-6-18(2)16-20)11-10-24-23(27)22-17-21(9-8-19(22)3)31(28,29)26-12-14-30-15-13-26/h5-9,16-17H,4,10-15H2,1-3H3,(H,24,27). The van der Waals surface area contributed by atoms with Gasteiger partial charge in [0.15, 0.2) is 0 Å². The largest absolute Gasteiger partial charge is 0.379 e. The lowest BCUT2D eigenvalue weighted by molar-refractivity contribution is 0.0730.